The van der Waals surface area contributed by atoms with Gasteiger partial charge in [-0.05, 0) is 17.5 Å². The third-order valence-electron chi connectivity index (χ3n) is 8.02. The number of hydrogen-bond acceptors (Lipinski definition) is 6. The van der Waals surface area contributed by atoms with Gasteiger partial charge in [-0.15, -0.1) is 0 Å². The molecule has 2 saturated heterocycles. The van der Waals surface area contributed by atoms with Crippen LogP contribution in [0.5, 0.6) is 0 Å². The summed E-state index contributed by atoms with van der Waals surface area (Å²) < 4.78 is 14.5. The molecule has 0 aliphatic carbocycles. The Labute approximate surface area is 245 Å². The van der Waals surface area contributed by atoms with Crippen molar-refractivity contribution in [2.45, 2.75) is 63.9 Å². The minimum absolute atomic E-state index is 0.0227. The smallest absolute Gasteiger partial charge is 0.246 e. The molecule has 2 aromatic carbocycles. The van der Waals surface area contributed by atoms with E-state index in [0.29, 0.717) is 12.0 Å². The van der Waals surface area contributed by atoms with Crippen molar-refractivity contribution >= 4 is 23.6 Å². The van der Waals surface area contributed by atoms with Crippen LogP contribution in [0.1, 0.15) is 37.8 Å². The van der Waals surface area contributed by atoms with Crippen LogP contribution in [0.3, 0.4) is 0 Å². The van der Waals surface area contributed by atoms with Crippen LogP contribution in [-0.4, -0.2) is 88.9 Å². The first-order valence-corrected chi connectivity index (χ1v) is 14.5. The SMILES string of the molecule is CC[C@H](C)[C@@H]1NC(=O)CN(Cc2ccccc2F)CCNC(=O)[C@H](Cc2ccccc2)NC(=O)[C@@H]2C[C@@H](O)CN2C1=O. The number of fused-ring (bicyclic) bond motifs is 1. The Morgan fingerprint density at radius 1 is 1.00 bits per heavy atom. The van der Waals surface area contributed by atoms with Crippen molar-refractivity contribution in [1.29, 1.82) is 0 Å². The number of aliphatic hydroxyl groups excluding tert-OH is 1. The van der Waals surface area contributed by atoms with E-state index < -0.39 is 53.7 Å². The van der Waals surface area contributed by atoms with Gasteiger partial charge in [-0.3, -0.25) is 24.1 Å². The molecule has 0 aromatic heterocycles. The van der Waals surface area contributed by atoms with Crippen molar-refractivity contribution in [2.24, 2.45) is 5.92 Å². The van der Waals surface area contributed by atoms with E-state index in [2.05, 4.69) is 16.0 Å². The molecular formula is C31H40FN5O5. The van der Waals surface area contributed by atoms with Crippen LogP contribution in [0.4, 0.5) is 4.39 Å². The molecule has 0 spiro atoms. The highest BCUT2D eigenvalue weighted by Gasteiger charge is 2.43. The highest BCUT2D eigenvalue weighted by molar-refractivity contribution is 5.95. The molecule has 4 N–H and O–H groups in total. The lowest BCUT2D eigenvalue weighted by Gasteiger charge is -2.32. The lowest BCUT2D eigenvalue weighted by molar-refractivity contribution is -0.143. The lowest BCUT2D eigenvalue weighted by Crippen LogP contribution is -2.58. The molecule has 0 radical (unpaired) electrons. The molecule has 10 nitrogen and oxygen atoms in total. The molecule has 5 atom stereocenters. The highest BCUT2D eigenvalue weighted by Crippen LogP contribution is 2.23. The van der Waals surface area contributed by atoms with Gasteiger partial charge in [0.2, 0.25) is 23.6 Å². The molecule has 2 aliphatic rings. The maximum Gasteiger partial charge on any atom is 0.246 e. The molecule has 11 heteroatoms. The molecule has 2 aliphatic heterocycles. The first-order valence-electron chi connectivity index (χ1n) is 14.5. The number of rotatable bonds is 6. The van der Waals surface area contributed by atoms with E-state index in [0.717, 1.165) is 5.56 Å². The summed E-state index contributed by atoms with van der Waals surface area (Å²) >= 11 is 0. The number of nitrogens with zero attached hydrogens (tertiary/aromatic N) is 2. The van der Waals surface area contributed by atoms with Gasteiger partial charge in [0.25, 0.3) is 0 Å². The van der Waals surface area contributed by atoms with E-state index in [4.69, 9.17) is 0 Å². The molecule has 2 aromatic rings. The molecule has 2 fully saturated rings. The fourth-order valence-corrected chi connectivity index (χ4v) is 5.46. The Kier molecular flexibility index (Phi) is 10.6. The van der Waals surface area contributed by atoms with E-state index in [-0.39, 0.29) is 51.5 Å². The molecule has 2 heterocycles. The van der Waals surface area contributed by atoms with Gasteiger partial charge in [0, 0.05) is 44.6 Å². The number of carbonyl (C=O) groups excluding carboxylic acids is 4. The van der Waals surface area contributed by atoms with E-state index in [1.165, 1.54) is 11.0 Å². The Balaban J connectivity index is 1.65. The minimum Gasteiger partial charge on any atom is -0.391 e. The Bertz CT molecular complexity index is 1260. The summed E-state index contributed by atoms with van der Waals surface area (Å²) in [7, 11) is 0. The van der Waals surface area contributed by atoms with Gasteiger partial charge in [0.1, 0.15) is 23.9 Å². The minimum atomic E-state index is -0.996. The van der Waals surface area contributed by atoms with Gasteiger partial charge in [-0.1, -0.05) is 68.8 Å². The van der Waals surface area contributed by atoms with Gasteiger partial charge in [-0.2, -0.15) is 0 Å². The largest absolute Gasteiger partial charge is 0.391 e. The van der Waals surface area contributed by atoms with E-state index in [1.807, 2.05) is 44.2 Å². The Hall–Kier alpha value is -3.83. The summed E-state index contributed by atoms with van der Waals surface area (Å²) in [5.41, 5.74) is 1.23. The fourth-order valence-electron chi connectivity index (χ4n) is 5.46. The van der Waals surface area contributed by atoms with Gasteiger partial charge in [-0.25, -0.2) is 4.39 Å². The Morgan fingerprint density at radius 3 is 2.43 bits per heavy atom. The number of halogens is 1. The summed E-state index contributed by atoms with van der Waals surface area (Å²) in [4.78, 5) is 57.1. The van der Waals surface area contributed by atoms with E-state index in [9.17, 15) is 28.7 Å². The zero-order valence-electron chi connectivity index (χ0n) is 24.1. The molecule has 4 rings (SSSR count). The van der Waals surface area contributed by atoms with Crippen molar-refractivity contribution < 1.29 is 28.7 Å². The number of aliphatic hydroxyl groups is 1. The van der Waals surface area contributed by atoms with Crippen molar-refractivity contribution in [3.63, 3.8) is 0 Å². The number of amides is 4. The second-order valence-corrected chi connectivity index (χ2v) is 11.2. The monoisotopic (exact) mass is 581 g/mol. The van der Waals surface area contributed by atoms with Crippen molar-refractivity contribution in [3.05, 3.63) is 71.5 Å². The van der Waals surface area contributed by atoms with Crippen LogP contribution in [0.2, 0.25) is 0 Å². The van der Waals surface area contributed by atoms with Crippen molar-refractivity contribution in [3.8, 4) is 0 Å². The maximum absolute atomic E-state index is 14.5. The van der Waals surface area contributed by atoms with Crippen LogP contribution < -0.4 is 16.0 Å². The summed E-state index contributed by atoms with van der Waals surface area (Å²) in [6.45, 7) is 4.02. The number of nitrogens with one attached hydrogen (secondary N) is 3. The number of carbonyl (C=O) groups is 4. The molecule has 42 heavy (non-hydrogen) atoms. The molecular weight excluding hydrogens is 541 g/mol. The van der Waals surface area contributed by atoms with Gasteiger partial charge in [0.15, 0.2) is 0 Å². The fraction of sp³-hybridized carbons (Fsp3) is 0.484. The Morgan fingerprint density at radius 2 is 1.71 bits per heavy atom. The predicted octanol–water partition coefficient (Wildman–Crippen LogP) is 0.978. The van der Waals surface area contributed by atoms with E-state index >= 15 is 0 Å². The standard InChI is InChI=1S/C31H40FN5O5/c1-3-20(2)28-31(42)37-18-23(38)16-26(37)30(41)34-25(15-21-9-5-4-6-10-21)29(40)33-13-14-36(19-27(39)35-28)17-22-11-7-8-12-24(22)32/h4-12,20,23,25-26,28,38H,3,13-19H2,1-2H3,(H,33,40)(H,34,41)(H,35,39)/t20-,23+,25-,26-,28-/m0/s1. The normalized spacial score (nSPS) is 25.5. The number of benzene rings is 2. The topological polar surface area (TPSA) is 131 Å². The van der Waals surface area contributed by atoms with Crippen LogP contribution in [0, 0.1) is 11.7 Å². The summed E-state index contributed by atoms with van der Waals surface area (Å²) in [6, 6.07) is 12.7. The summed E-state index contributed by atoms with van der Waals surface area (Å²) in [6.07, 6.45) is -0.0969. The molecule has 4 amide bonds. The van der Waals surface area contributed by atoms with Gasteiger partial charge >= 0.3 is 0 Å². The molecule has 0 unspecified atom stereocenters. The summed E-state index contributed by atoms with van der Waals surface area (Å²) in [5.74, 6) is -2.53. The molecule has 226 valence electrons. The maximum atomic E-state index is 14.5. The van der Waals surface area contributed by atoms with Gasteiger partial charge < -0.3 is 26.0 Å². The predicted molar refractivity (Wildman–Crippen MR) is 154 cm³/mol. The second-order valence-electron chi connectivity index (χ2n) is 11.2. The van der Waals surface area contributed by atoms with E-state index in [1.54, 1.807) is 23.1 Å². The zero-order valence-corrected chi connectivity index (χ0v) is 24.1. The van der Waals surface area contributed by atoms with Crippen LogP contribution in [-0.2, 0) is 32.1 Å². The average molecular weight is 582 g/mol. The quantitative estimate of drug-likeness (QED) is 0.402. The summed E-state index contributed by atoms with van der Waals surface area (Å²) in [5, 5.41) is 19.0. The third kappa shape index (κ3) is 7.92. The molecule has 0 saturated carbocycles. The first-order chi connectivity index (χ1) is 20.2. The van der Waals surface area contributed by atoms with Crippen molar-refractivity contribution in [1.82, 2.24) is 25.8 Å². The first kappa shape index (κ1) is 31.1. The number of hydrogen-bond donors (Lipinski definition) is 4. The average Bonchev–Trinajstić information content (AvgIpc) is 3.37. The van der Waals surface area contributed by atoms with Crippen LogP contribution in [0.15, 0.2) is 54.6 Å². The van der Waals surface area contributed by atoms with Crippen molar-refractivity contribution in [2.75, 3.05) is 26.2 Å². The van der Waals surface area contributed by atoms with Crippen LogP contribution >= 0.6 is 0 Å². The van der Waals surface area contributed by atoms with Crippen LogP contribution in [0.25, 0.3) is 0 Å². The lowest BCUT2D eigenvalue weighted by atomic mass is 9.97. The second kappa shape index (κ2) is 14.4. The molecule has 0 bridgehead atoms. The highest BCUT2D eigenvalue weighted by atomic mass is 19.1. The van der Waals surface area contributed by atoms with Gasteiger partial charge in [0.05, 0.1) is 12.6 Å². The third-order valence-corrected chi connectivity index (χ3v) is 8.02. The zero-order chi connectivity index (χ0) is 30.2.